The molecule has 0 radical (unpaired) electrons. The lowest BCUT2D eigenvalue weighted by Gasteiger charge is -2.27. The average Bonchev–Trinajstić information content (AvgIpc) is 2.59. The molecule has 2 N–H and O–H groups in total. The summed E-state index contributed by atoms with van der Waals surface area (Å²) in [7, 11) is 4.35. The summed E-state index contributed by atoms with van der Waals surface area (Å²) in [6.07, 6.45) is 1.20. The van der Waals surface area contributed by atoms with Gasteiger partial charge in [0.15, 0.2) is 0 Å². The lowest BCUT2D eigenvalue weighted by atomic mass is 9.98. The molecule has 0 aromatic carbocycles. The van der Waals surface area contributed by atoms with Crippen molar-refractivity contribution >= 4 is 0 Å². The molecule has 5 heteroatoms. The number of nitrogens with two attached hydrogens (primary N) is 1. The van der Waals surface area contributed by atoms with E-state index in [1.165, 1.54) is 12.0 Å². The molecule has 118 valence electrons. The Hall–Kier alpha value is -1.04. The highest BCUT2D eigenvalue weighted by Crippen LogP contribution is 2.25. The van der Waals surface area contributed by atoms with E-state index in [0.29, 0.717) is 12.5 Å². The molecule has 1 aromatic rings. The van der Waals surface area contributed by atoms with Crippen molar-refractivity contribution in [2.45, 2.75) is 39.2 Å². The fourth-order valence-corrected chi connectivity index (χ4v) is 3.28. The average molecular weight is 291 g/mol. The van der Waals surface area contributed by atoms with Crippen LogP contribution in [0.25, 0.3) is 0 Å². The summed E-state index contributed by atoms with van der Waals surface area (Å²) in [5, 5.41) is 0. The van der Waals surface area contributed by atoms with Gasteiger partial charge in [-0.05, 0) is 65.5 Å². The van der Waals surface area contributed by atoms with E-state index < -0.39 is 0 Å². The van der Waals surface area contributed by atoms with Crippen LogP contribution in [0.5, 0.6) is 0 Å². The zero-order valence-electron chi connectivity index (χ0n) is 14.1. The number of nitrogens with zero attached hydrogens (tertiary/aromatic N) is 4. The summed E-state index contributed by atoms with van der Waals surface area (Å²) < 4.78 is 0. The summed E-state index contributed by atoms with van der Waals surface area (Å²) in [6, 6.07) is 0.275. The van der Waals surface area contributed by atoms with E-state index in [-0.39, 0.29) is 6.04 Å². The Morgan fingerprint density at radius 2 is 1.81 bits per heavy atom. The lowest BCUT2D eigenvalue weighted by molar-refractivity contribution is 0.219. The summed E-state index contributed by atoms with van der Waals surface area (Å²) in [5.41, 5.74) is 9.19. The summed E-state index contributed by atoms with van der Waals surface area (Å²) >= 11 is 0. The molecule has 1 aromatic heterocycles. The van der Waals surface area contributed by atoms with Gasteiger partial charge in [0.25, 0.3) is 0 Å². The van der Waals surface area contributed by atoms with Crippen molar-refractivity contribution in [3.8, 4) is 0 Å². The van der Waals surface area contributed by atoms with Gasteiger partial charge in [-0.2, -0.15) is 0 Å². The van der Waals surface area contributed by atoms with Crippen molar-refractivity contribution in [3.05, 3.63) is 22.8 Å². The summed E-state index contributed by atoms with van der Waals surface area (Å²) in [6.45, 7) is 10.2. The topological polar surface area (TPSA) is 58.3 Å². The maximum Gasteiger partial charge on any atom is 0.147 e. The van der Waals surface area contributed by atoms with Gasteiger partial charge in [-0.15, -0.1) is 0 Å². The SMILES string of the molecule is Cc1nc(C2CN(C)CCCN2C)nc(C)c1C(C)CN. The monoisotopic (exact) mass is 291 g/mol. The maximum absolute atomic E-state index is 5.81. The largest absolute Gasteiger partial charge is 0.330 e. The van der Waals surface area contributed by atoms with Gasteiger partial charge in [-0.3, -0.25) is 4.90 Å². The van der Waals surface area contributed by atoms with E-state index in [9.17, 15) is 0 Å². The third-order valence-electron chi connectivity index (χ3n) is 4.56. The Labute approximate surface area is 128 Å². The van der Waals surface area contributed by atoms with Crippen molar-refractivity contribution in [3.63, 3.8) is 0 Å². The Kier molecular flexibility index (Phi) is 5.30. The molecular weight excluding hydrogens is 262 g/mol. The number of rotatable bonds is 3. The number of aromatic nitrogens is 2. The standard InChI is InChI=1S/C16H29N5/c1-11(9-17)15-12(2)18-16(19-13(15)3)14-10-20(4)7-6-8-21(14)5/h11,14H,6-10,17H2,1-5H3. The van der Waals surface area contributed by atoms with Crippen LogP contribution in [0.1, 0.15) is 48.1 Å². The van der Waals surface area contributed by atoms with Crippen molar-refractivity contribution in [1.29, 1.82) is 0 Å². The van der Waals surface area contributed by atoms with Crippen LogP contribution in [-0.2, 0) is 0 Å². The first kappa shape index (κ1) is 16.3. The van der Waals surface area contributed by atoms with Crippen LogP contribution in [0.4, 0.5) is 0 Å². The third kappa shape index (κ3) is 3.59. The zero-order chi connectivity index (χ0) is 15.6. The molecule has 2 heterocycles. The number of hydrogen-bond donors (Lipinski definition) is 1. The fourth-order valence-electron chi connectivity index (χ4n) is 3.28. The molecule has 1 fully saturated rings. The molecule has 2 rings (SSSR count). The van der Waals surface area contributed by atoms with Gasteiger partial charge in [-0.1, -0.05) is 6.92 Å². The van der Waals surface area contributed by atoms with Crippen LogP contribution in [0.15, 0.2) is 0 Å². The number of likely N-dealkylation sites (N-methyl/N-ethyl adjacent to an activating group) is 2. The van der Waals surface area contributed by atoms with Crippen LogP contribution in [0.2, 0.25) is 0 Å². The van der Waals surface area contributed by atoms with Gasteiger partial charge in [-0.25, -0.2) is 9.97 Å². The first-order chi connectivity index (χ1) is 9.93. The molecule has 1 aliphatic rings. The quantitative estimate of drug-likeness (QED) is 0.914. The molecule has 2 unspecified atom stereocenters. The lowest BCUT2D eigenvalue weighted by Crippen LogP contribution is -2.32. The number of hydrogen-bond acceptors (Lipinski definition) is 5. The predicted molar refractivity (Wildman–Crippen MR) is 86.5 cm³/mol. The van der Waals surface area contributed by atoms with Crippen LogP contribution in [0.3, 0.4) is 0 Å². The van der Waals surface area contributed by atoms with Crippen LogP contribution in [-0.4, -0.2) is 60.0 Å². The molecule has 5 nitrogen and oxygen atoms in total. The van der Waals surface area contributed by atoms with Gasteiger partial charge >= 0.3 is 0 Å². The van der Waals surface area contributed by atoms with Crippen molar-refractivity contribution in [2.75, 3.05) is 40.3 Å². The molecule has 0 saturated carbocycles. The van der Waals surface area contributed by atoms with Gasteiger partial charge in [0, 0.05) is 17.9 Å². The zero-order valence-corrected chi connectivity index (χ0v) is 14.1. The highest BCUT2D eigenvalue weighted by molar-refractivity contribution is 5.29. The van der Waals surface area contributed by atoms with Crippen molar-refractivity contribution in [1.82, 2.24) is 19.8 Å². The van der Waals surface area contributed by atoms with Gasteiger partial charge in [0.2, 0.25) is 0 Å². The van der Waals surface area contributed by atoms with E-state index in [4.69, 9.17) is 15.7 Å². The second-order valence-electron chi connectivity index (χ2n) is 6.42. The fraction of sp³-hybridized carbons (Fsp3) is 0.750. The van der Waals surface area contributed by atoms with E-state index in [1.54, 1.807) is 0 Å². The maximum atomic E-state index is 5.81. The highest BCUT2D eigenvalue weighted by Gasteiger charge is 2.26. The minimum Gasteiger partial charge on any atom is -0.330 e. The first-order valence-corrected chi connectivity index (χ1v) is 7.88. The second-order valence-corrected chi connectivity index (χ2v) is 6.42. The number of aryl methyl sites for hydroxylation is 2. The molecule has 2 atom stereocenters. The summed E-state index contributed by atoms with van der Waals surface area (Å²) in [5.74, 6) is 1.27. The van der Waals surface area contributed by atoms with Crippen molar-refractivity contribution in [2.24, 2.45) is 5.73 Å². The van der Waals surface area contributed by atoms with Gasteiger partial charge < -0.3 is 10.6 Å². The van der Waals surface area contributed by atoms with Crippen molar-refractivity contribution < 1.29 is 0 Å². The molecule has 1 aliphatic heterocycles. The van der Waals surface area contributed by atoms with E-state index in [2.05, 4.69) is 44.7 Å². The second kappa shape index (κ2) is 6.81. The Bertz CT molecular complexity index is 465. The molecule has 0 spiro atoms. The highest BCUT2D eigenvalue weighted by atomic mass is 15.2. The first-order valence-electron chi connectivity index (χ1n) is 7.88. The van der Waals surface area contributed by atoms with E-state index in [0.717, 1.165) is 36.8 Å². The van der Waals surface area contributed by atoms with Gasteiger partial charge in [0.05, 0.1) is 6.04 Å². The smallest absolute Gasteiger partial charge is 0.147 e. The Morgan fingerprint density at radius 3 is 2.38 bits per heavy atom. The minimum absolute atomic E-state index is 0.275. The van der Waals surface area contributed by atoms with Gasteiger partial charge in [0.1, 0.15) is 5.82 Å². The minimum atomic E-state index is 0.275. The Morgan fingerprint density at radius 1 is 1.19 bits per heavy atom. The molecule has 0 amide bonds. The van der Waals surface area contributed by atoms with Crippen LogP contribution in [0, 0.1) is 13.8 Å². The Balaban J connectivity index is 2.35. The van der Waals surface area contributed by atoms with Crippen LogP contribution < -0.4 is 5.73 Å². The third-order valence-corrected chi connectivity index (χ3v) is 4.56. The van der Waals surface area contributed by atoms with E-state index in [1.807, 2.05) is 0 Å². The molecule has 21 heavy (non-hydrogen) atoms. The molecule has 0 aliphatic carbocycles. The van der Waals surface area contributed by atoms with Crippen LogP contribution >= 0.6 is 0 Å². The molecule has 0 bridgehead atoms. The molecular formula is C16H29N5. The van der Waals surface area contributed by atoms with E-state index >= 15 is 0 Å². The summed E-state index contributed by atoms with van der Waals surface area (Å²) in [4.78, 5) is 14.4. The predicted octanol–water partition coefficient (Wildman–Crippen LogP) is 1.46. The normalized spacial score (nSPS) is 23.0. The molecule has 1 saturated heterocycles.